The van der Waals surface area contributed by atoms with Gasteiger partial charge in [-0.3, -0.25) is 4.99 Å². The minimum Gasteiger partial charge on any atom is -0.494 e. The van der Waals surface area contributed by atoms with Crippen LogP contribution in [-0.2, 0) is 6.42 Å². The van der Waals surface area contributed by atoms with Gasteiger partial charge in [0.05, 0.1) is 12.9 Å². The van der Waals surface area contributed by atoms with Gasteiger partial charge in [-0.05, 0) is 37.1 Å². The number of ether oxygens (including phenoxy) is 1. The van der Waals surface area contributed by atoms with Gasteiger partial charge in [0.25, 0.3) is 0 Å². The molecule has 2 rings (SSSR count). The summed E-state index contributed by atoms with van der Waals surface area (Å²) in [5, 5.41) is 6.57. The summed E-state index contributed by atoms with van der Waals surface area (Å²) in [7, 11) is 1.78. The Hall–Kier alpha value is -2.43. The highest BCUT2D eigenvalue weighted by atomic mass is 16.5. The Kier molecular flexibility index (Phi) is 7.60. The Balaban J connectivity index is 1.50. The number of furan rings is 1. The molecule has 0 fully saturated rings. The predicted octanol–water partition coefficient (Wildman–Crippen LogP) is 2.85. The lowest BCUT2D eigenvalue weighted by molar-refractivity contribution is 0.307. The molecule has 1 aromatic carbocycles. The van der Waals surface area contributed by atoms with Crippen molar-refractivity contribution in [2.45, 2.75) is 19.3 Å². The minimum absolute atomic E-state index is 0.732. The zero-order valence-electron chi connectivity index (χ0n) is 13.6. The second kappa shape index (κ2) is 10.3. The summed E-state index contributed by atoms with van der Waals surface area (Å²) in [5.41, 5.74) is 0. The molecule has 2 N–H and O–H groups in total. The van der Waals surface area contributed by atoms with Gasteiger partial charge in [-0.15, -0.1) is 0 Å². The number of nitrogens with one attached hydrogen (secondary N) is 2. The van der Waals surface area contributed by atoms with Crippen LogP contribution in [0, 0.1) is 0 Å². The summed E-state index contributed by atoms with van der Waals surface area (Å²) in [6.45, 7) is 2.40. The van der Waals surface area contributed by atoms with Crippen LogP contribution in [0.1, 0.15) is 18.6 Å². The van der Waals surface area contributed by atoms with Gasteiger partial charge in [-0.2, -0.15) is 0 Å². The average molecular weight is 315 g/mol. The number of hydrogen-bond donors (Lipinski definition) is 2. The summed E-state index contributed by atoms with van der Waals surface area (Å²) >= 11 is 0. The maximum Gasteiger partial charge on any atom is 0.190 e. The molecule has 124 valence electrons. The third kappa shape index (κ3) is 6.91. The van der Waals surface area contributed by atoms with E-state index in [1.54, 1.807) is 13.3 Å². The van der Waals surface area contributed by atoms with Crippen LogP contribution in [0.25, 0.3) is 0 Å². The lowest BCUT2D eigenvalue weighted by Gasteiger charge is -2.11. The second-order valence-electron chi connectivity index (χ2n) is 5.12. The third-order valence-electron chi connectivity index (χ3n) is 3.34. The van der Waals surface area contributed by atoms with Crippen molar-refractivity contribution in [1.82, 2.24) is 10.6 Å². The highest BCUT2D eigenvalue weighted by Crippen LogP contribution is 2.08. The molecule has 1 aromatic heterocycles. The Morgan fingerprint density at radius 3 is 2.61 bits per heavy atom. The van der Waals surface area contributed by atoms with Gasteiger partial charge in [0.2, 0.25) is 0 Å². The van der Waals surface area contributed by atoms with Crippen molar-refractivity contribution in [1.29, 1.82) is 0 Å². The molecule has 23 heavy (non-hydrogen) atoms. The monoisotopic (exact) mass is 315 g/mol. The van der Waals surface area contributed by atoms with E-state index < -0.39 is 0 Å². The normalized spacial score (nSPS) is 11.3. The van der Waals surface area contributed by atoms with E-state index in [1.165, 1.54) is 0 Å². The first-order chi connectivity index (χ1) is 11.4. The number of benzene rings is 1. The molecule has 0 radical (unpaired) electrons. The maximum absolute atomic E-state index is 5.66. The van der Waals surface area contributed by atoms with E-state index in [4.69, 9.17) is 9.15 Å². The van der Waals surface area contributed by atoms with Gasteiger partial charge in [0.1, 0.15) is 11.5 Å². The molecule has 0 aliphatic carbocycles. The van der Waals surface area contributed by atoms with Gasteiger partial charge >= 0.3 is 0 Å². The molecule has 0 aliphatic heterocycles. The highest BCUT2D eigenvalue weighted by Gasteiger charge is 1.99. The lowest BCUT2D eigenvalue weighted by atomic mass is 10.3. The largest absolute Gasteiger partial charge is 0.494 e. The van der Waals surface area contributed by atoms with Crippen LogP contribution in [0.4, 0.5) is 0 Å². The molecule has 0 atom stereocenters. The van der Waals surface area contributed by atoms with Crippen LogP contribution < -0.4 is 15.4 Å². The minimum atomic E-state index is 0.732. The first-order valence-electron chi connectivity index (χ1n) is 8.03. The van der Waals surface area contributed by atoms with E-state index in [9.17, 15) is 0 Å². The summed E-state index contributed by atoms with van der Waals surface area (Å²) in [6.07, 6.45) is 4.58. The number of hydrogen-bond acceptors (Lipinski definition) is 3. The van der Waals surface area contributed by atoms with Gasteiger partial charge in [0.15, 0.2) is 5.96 Å². The quantitative estimate of drug-likeness (QED) is 0.424. The topological polar surface area (TPSA) is 58.8 Å². The van der Waals surface area contributed by atoms with Crippen LogP contribution >= 0.6 is 0 Å². The van der Waals surface area contributed by atoms with Crippen LogP contribution in [0.15, 0.2) is 58.1 Å². The summed E-state index contributed by atoms with van der Waals surface area (Å²) in [6, 6.07) is 13.8. The van der Waals surface area contributed by atoms with Gasteiger partial charge in [-0.1, -0.05) is 18.2 Å². The third-order valence-corrected chi connectivity index (χ3v) is 3.34. The van der Waals surface area contributed by atoms with Crippen molar-refractivity contribution in [3.8, 4) is 5.75 Å². The molecule has 0 spiro atoms. The molecule has 1 heterocycles. The molecule has 0 saturated carbocycles. The van der Waals surface area contributed by atoms with Crippen molar-refractivity contribution >= 4 is 5.96 Å². The average Bonchev–Trinajstić information content (AvgIpc) is 3.10. The molecule has 0 unspecified atom stereocenters. The molecule has 0 amide bonds. The first-order valence-corrected chi connectivity index (χ1v) is 8.03. The zero-order valence-corrected chi connectivity index (χ0v) is 13.6. The molecule has 0 bridgehead atoms. The van der Waals surface area contributed by atoms with Gasteiger partial charge in [0, 0.05) is 26.6 Å². The molecular formula is C18H25N3O2. The number of para-hydroxylation sites is 1. The highest BCUT2D eigenvalue weighted by molar-refractivity contribution is 5.79. The predicted molar refractivity (Wildman–Crippen MR) is 92.9 cm³/mol. The Bertz CT molecular complexity index is 553. The van der Waals surface area contributed by atoms with Crippen molar-refractivity contribution < 1.29 is 9.15 Å². The van der Waals surface area contributed by atoms with Crippen molar-refractivity contribution in [3.63, 3.8) is 0 Å². The van der Waals surface area contributed by atoms with Crippen molar-refractivity contribution in [3.05, 3.63) is 54.5 Å². The Morgan fingerprint density at radius 1 is 1.04 bits per heavy atom. The van der Waals surface area contributed by atoms with E-state index >= 15 is 0 Å². The molecule has 2 aromatic rings. The molecule has 0 aliphatic rings. The van der Waals surface area contributed by atoms with E-state index in [-0.39, 0.29) is 0 Å². The number of unbranched alkanes of at least 4 members (excludes halogenated alkanes) is 1. The smallest absolute Gasteiger partial charge is 0.190 e. The van der Waals surface area contributed by atoms with Gasteiger partial charge < -0.3 is 19.8 Å². The van der Waals surface area contributed by atoms with E-state index in [1.807, 2.05) is 42.5 Å². The lowest BCUT2D eigenvalue weighted by Crippen LogP contribution is -2.38. The number of aliphatic imine (C=N–C) groups is 1. The van der Waals surface area contributed by atoms with Crippen LogP contribution in [0.2, 0.25) is 0 Å². The number of guanidine groups is 1. The second-order valence-corrected chi connectivity index (χ2v) is 5.12. The van der Waals surface area contributed by atoms with Crippen LogP contribution in [0.5, 0.6) is 5.75 Å². The fraction of sp³-hybridized carbons (Fsp3) is 0.389. The fourth-order valence-electron chi connectivity index (χ4n) is 2.12. The van der Waals surface area contributed by atoms with E-state index in [2.05, 4.69) is 15.6 Å². The maximum atomic E-state index is 5.66. The summed E-state index contributed by atoms with van der Waals surface area (Å²) < 4.78 is 11.0. The summed E-state index contributed by atoms with van der Waals surface area (Å²) in [4.78, 5) is 4.20. The van der Waals surface area contributed by atoms with Crippen LogP contribution in [-0.4, -0.2) is 32.7 Å². The number of rotatable bonds is 9. The fourth-order valence-corrected chi connectivity index (χ4v) is 2.12. The van der Waals surface area contributed by atoms with E-state index in [0.29, 0.717) is 0 Å². The Morgan fingerprint density at radius 2 is 1.87 bits per heavy atom. The molecule has 0 saturated heterocycles. The number of nitrogens with zero attached hydrogens (tertiary/aromatic N) is 1. The molecule has 5 nitrogen and oxygen atoms in total. The zero-order chi connectivity index (χ0) is 16.2. The molecular weight excluding hydrogens is 290 g/mol. The molecule has 5 heteroatoms. The SMILES string of the molecule is CN=C(NCCCCOc1ccccc1)NCCc1ccco1. The van der Waals surface area contributed by atoms with Crippen molar-refractivity contribution in [2.24, 2.45) is 4.99 Å². The first kappa shape index (κ1) is 16.9. The van der Waals surface area contributed by atoms with Gasteiger partial charge in [-0.25, -0.2) is 0 Å². The van der Waals surface area contributed by atoms with Crippen molar-refractivity contribution in [2.75, 3.05) is 26.7 Å². The Labute approximate surface area is 137 Å². The summed E-state index contributed by atoms with van der Waals surface area (Å²) in [5.74, 6) is 2.72. The standard InChI is InChI=1S/C18H25N3O2/c1-19-18(21-13-11-17-10-7-15-23-17)20-12-5-6-14-22-16-8-3-2-4-9-16/h2-4,7-10,15H,5-6,11-14H2,1H3,(H2,19,20,21). The van der Waals surface area contributed by atoms with Crippen LogP contribution in [0.3, 0.4) is 0 Å². The van der Waals surface area contributed by atoms with E-state index in [0.717, 1.165) is 56.4 Å².